The van der Waals surface area contributed by atoms with E-state index < -0.39 is 0 Å². The van der Waals surface area contributed by atoms with Gasteiger partial charge in [-0.2, -0.15) is 0 Å². The van der Waals surface area contributed by atoms with Crippen LogP contribution < -0.4 is 0 Å². The molecule has 0 saturated heterocycles. The molecule has 2 heterocycles. The summed E-state index contributed by atoms with van der Waals surface area (Å²) < 4.78 is 19.9. The van der Waals surface area contributed by atoms with E-state index in [9.17, 15) is 4.39 Å². The summed E-state index contributed by atoms with van der Waals surface area (Å²) in [4.78, 5) is 3.72. The summed E-state index contributed by atoms with van der Waals surface area (Å²) in [6.45, 7) is 0.946. The first kappa shape index (κ1) is 19.0. The highest BCUT2D eigenvalue weighted by Crippen LogP contribution is 2.30. The van der Waals surface area contributed by atoms with Crippen molar-refractivity contribution in [1.82, 2.24) is 35.3 Å². The van der Waals surface area contributed by atoms with Crippen molar-refractivity contribution < 1.29 is 8.81 Å². The minimum Gasteiger partial charge on any atom is -0.419 e. The Labute approximate surface area is 179 Å². The van der Waals surface area contributed by atoms with Crippen LogP contribution in [-0.4, -0.2) is 41.3 Å². The van der Waals surface area contributed by atoms with Gasteiger partial charge in [0.1, 0.15) is 12.5 Å². The molecule has 0 unspecified atom stereocenters. The van der Waals surface area contributed by atoms with E-state index in [1.807, 2.05) is 24.3 Å². The van der Waals surface area contributed by atoms with Crippen molar-refractivity contribution in [3.8, 4) is 22.8 Å². The fraction of sp³-hybridized carbons (Fsp3) is 0.250. The van der Waals surface area contributed by atoms with Crippen LogP contribution in [0.5, 0.6) is 0 Å². The number of tetrazole rings is 1. The maximum Gasteiger partial charge on any atom is 0.248 e. The lowest BCUT2D eigenvalue weighted by atomic mass is 10.2. The second-order valence-electron chi connectivity index (χ2n) is 7.09. The van der Waals surface area contributed by atoms with Crippen LogP contribution >= 0.6 is 15.9 Å². The number of hydrogen-bond donors (Lipinski definition) is 0. The molecule has 0 atom stereocenters. The zero-order valence-corrected chi connectivity index (χ0v) is 17.4. The van der Waals surface area contributed by atoms with Crippen molar-refractivity contribution in [3.63, 3.8) is 0 Å². The van der Waals surface area contributed by atoms with Crippen molar-refractivity contribution in [3.05, 3.63) is 64.7 Å². The molecule has 0 N–H and O–H groups in total. The lowest BCUT2D eigenvalue weighted by molar-refractivity contribution is 0.159. The number of aromatic nitrogens is 6. The van der Waals surface area contributed by atoms with Gasteiger partial charge in [-0.3, -0.25) is 4.90 Å². The van der Waals surface area contributed by atoms with E-state index in [0.717, 1.165) is 28.4 Å². The van der Waals surface area contributed by atoms with Gasteiger partial charge in [0.05, 0.1) is 12.1 Å². The predicted octanol–water partition coefficient (Wildman–Crippen LogP) is 3.91. The van der Waals surface area contributed by atoms with E-state index in [4.69, 9.17) is 4.42 Å². The lowest BCUT2D eigenvalue weighted by Gasteiger charge is -2.18. The molecule has 0 amide bonds. The Kier molecular flexibility index (Phi) is 5.09. The molecular formula is C20H17BrFN7O. The van der Waals surface area contributed by atoms with Gasteiger partial charge in [-0.15, -0.1) is 25.2 Å². The zero-order valence-electron chi connectivity index (χ0n) is 15.8. The number of halogens is 2. The Morgan fingerprint density at radius 2 is 1.87 bits per heavy atom. The molecule has 1 saturated carbocycles. The molecular weight excluding hydrogens is 453 g/mol. The third kappa shape index (κ3) is 4.14. The third-order valence-electron chi connectivity index (χ3n) is 4.84. The van der Waals surface area contributed by atoms with Gasteiger partial charge < -0.3 is 4.42 Å². The van der Waals surface area contributed by atoms with Crippen LogP contribution in [0.25, 0.3) is 22.8 Å². The largest absolute Gasteiger partial charge is 0.419 e. The van der Waals surface area contributed by atoms with Crippen molar-refractivity contribution in [1.29, 1.82) is 0 Å². The number of nitrogens with zero attached hydrogens (tertiary/aromatic N) is 7. The minimum absolute atomic E-state index is 0.299. The van der Waals surface area contributed by atoms with Crippen LogP contribution in [-0.2, 0) is 13.2 Å². The van der Waals surface area contributed by atoms with Crippen LogP contribution in [0.4, 0.5) is 4.39 Å². The molecule has 4 aromatic rings. The Morgan fingerprint density at radius 3 is 2.63 bits per heavy atom. The average Bonchev–Trinajstić information content (AvgIpc) is 3.32. The summed E-state index contributed by atoms with van der Waals surface area (Å²) >= 11 is 3.51. The molecule has 8 nitrogen and oxygen atoms in total. The normalized spacial score (nSPS) is 13.8. The highest BCUT2D eigenvalue weighted by atomic mass is 79.9. The molecule has 152 valence electrons. The fourth-order valence-corrected chi connectivity index (χ4v) is 3.60. The van der Waals surface area contributed by atoms with Crippen molar-refractivity contribution in [2.75, 3.05) is 0 Å². The SMILES string of the molecule is Fc1ccc(-c2nnn(CN(Cc3nnc(-c4ccccc4Br)o3)C3CC3)n2)cc1. The van der Waals surface area contributed by atoms with E-state index in [1.54, 1.807) is 12.1 Å². The average molecular weight is 470 g/mol. The molecule has 0 bridgehead atoms. The number of rotatable bonds is 7. The van der Waals surface area contributed by atoms with Crippen LogP contribution in [0.15, 0.2) is 57.4 Å². The monoisotopic (exact) mass is 469 g/mol. The maximum atomic E-state index is 13.1. The summed E-state index contributed by atoms with van der Waals surface area (Å²) in [6, 6.07) is 14.2. The number of benzene rings is 2. The summed E-state index contributed by atoms with van der Waals surface area (Å²) in [5.74, 6) is 1.17. The molecule has 2 aromatic heterocycles. The van der Waals surface area contributed by atoms with Gasteiger partial charge in [-0.25, -0.2) is 4.39 Å². The third-order valence-corrected chi connectivity index (χ3v) is 5.53. The highest BCUT2D eigenvalue weighted by Gasteiger charge is 2.31. The topological polar surface area (TPSA) is 85.8 Å². The summed E-state index contributed by atoms with van der Waals surface area (Å²) in [6.07, 6.45) is 2.20. The first-order valence-corrected chi connectivity index (χ1v) is 10.3. The zero-order chi connectivity index (χ0) is 20.5. The minimum atomic E-state index is -0.299. The second kappa shape index (κ2) is 8.04. The Balaban J connectivity index is 1.30. The molecule has 30 heavy (non-hydrogen) atoms. The van der Waals surface area contributed by atoms with Gasteiger partial charge in [-0.1, -0.05) is 12.1 Å². The van der Waals surface area contributed by atoms with E-state index in [-0.39, 0.29) is 5.82 Å². The molecule has 0 aliphatic heterocycles. The lowest BCUT2D eigenvalue weighted by Crippen LogP contribution is -2.29. The molecule has 10 heteroatoms. The van der Waals surface area contributed by atoms with Crippen LogP contribution in [0.3, 0.4) is 0 Å². The summed E-state index contributed by atoms with van der Waals surface area (Å²) in [5, 5.41) is 21.0. The first-order valence-electron chi connectivity index (χ1n) is 9.51. The molecule has 2 aromatic carbocycles. The molecule has 0 radical (unpaired) electrons. The maximum absolute atomic E-state index is 13.1. The second-order valence-corrected chi connectivity index (χ2v) is 7.95. The molecule has 1 fully saturated rings. The van der Waals surface area contributed by atoms with E-state index >= 15 is 0 Å². The Morgan fingerprint density at radius 1 is 1.07 bits per heavy atom. The molecule has 1 aliphatic carbocycles. The van der Waals surface area contributed by atoms with Crippen LogP contribution in [0.2, 0.25) is 0 Å². The Bertz CT molecular complexity index is 1160. The number of hydrogen-bond acceptors (Lipinski definition) is 7. The predicted molar refractivity (Wildman–Crippen MR) is 109 cm³/mol. The summed E-state index contributed by atoms with van der Waals surface area (Å²) in [5.41, 5.74) is 1.58. The van der Waals surface area contributed by atoms with E-state index in [0.29, 0.717) is 36.9 Å². The van der Waals surface area contributed by atoms with Gasteiger partial charge in [0.2, 0.25) is 17.6 Å². The Hall–Kier alpha value is -2.98. The van der Waals surface area contributed by atoms with Crippen LogP contribution in [0.1, 0.15) is 18.7 Å². The quantitative estimate of drug-likeness (QED) is 0.405. The summed E-state index contributed by atoms with van der Waals surface area (Å²) in [7, 11) is 0. The van der Waals surface area contributed by atoms with Gasteiger partial charge in [-0.05, 0) is 70.4 Å². The van der Waals surface area contributed by atoms with Gasteiger partial charge in [0.25, 0.3) is 0 Å². The standard InChI is InChI=1S/C20H17BrFN7O/c21-17-4-2-1-3-16(17)20-25-23-18(30-20)11-28(15-9-10-15)12-29-26-19(24-27-29)13-5-7-14(22)8-6-13/h1-8,15H,9-12H2. The van der Waals surface area contributed by atoms with Gasteiger partial charge in [0.15, 0.2) is 0 Å². The molecule has 0 spiro atoms. The molecule has 5 rings (SSSR count). The smallest absolute Gasteiger partial charge is 0.248 e. The van der Waals surface area contributed by atoms with E-state index in [1.165, 1.54) is 16.9 Å². The van der Waals surface area contributed by atoms with E-state index in [2.05, 4.69) is 46.4 Å². The first-order chi connectivity index (χ1) is 14.7. The molecule has 1 aliphatic rings. The van der Waals surface area contributed by atoms with Gasteiger partial charge in [0, 0.05) is 16.1 Å². The van der Waals surface area contributed by atoms with Crippen molar-refractivity contribution in [2.24, 2.45) is 0 Å². The van der Waals surface area contributed by atoms with Crippen LogP contribution in [0, 0.1) is 5.82 Å². The van der Waals surface area contributed by atoms with Crippen molar-refractivity contribution >= 4 is 15.9 Å². The fourth-order valence-electron chi connectivity index (χ4n) is 3.15. The van der Waals surface area contributed by atoms with Gasteiger partial charge >= 0.3 is 0 Å². The highest BCUT2D eigenvalue weighted by molar-refractivity contribution is 9.10. The van der Waals surface area contributed by atoms with Crippen molar-refractivity contribution in [2.45, 2.75) is 32.1 Å².